The SMILES string of the molecule is CC1(c2ccsc2CO)CC1. The second-order valence-corrected chi connectivity index (χ2v) is 4.48. The van der Waals surface area contributed by atoms with Crippen molar-refractivity contribution in [3.63, 3.8) is 0 Å². The zero-order valence-electron chi connectivity index (χ0n) is 6.63. The second kappa shape index (κ2) is 2.32. The molecular formula is C9H12OS. The highest BCUT2D eigenvalue weighted by molar-refractivity contribution is 7.10. The zero-order chi connectivity index (χ0) is 7.90. The Labute approximate surface area is 70.7 Å². The summed E-state index contributed by atoms with van der Waals surface area (Å²) in [6.45, 7) is 2.48. The first-order chi connectivity index (χ1) is 5.26. The van der Waals surface area contributed by atoms with Crippen molar-refractivity contribution in [2.75, 3.05) is 0 Å². The largest absolute Gasteiger partial charge is 0.391 e. The van der Waals surface area contributed by atoms with Gasteiger partial charge in [0.25, 0.3) is 0 Å². The van der Waals surface area contributed by atoms with E-state index in [1.807, 2.05) is 0 Å². The van der Waals surface area contributed by atoms with Gasteiger partial charge < -0.3 is 5.11 Å². The molecule has 11 heavy (non-hydrogen) atoms. The van der Waals surface area contributed by atoms with E-state index in [1.165, 1.54) is 18.4 Å². The van der Waals surface area contributed by atoms with Crippen molar-refractivity contribution in [2.24, 2.45) is 0 Å². The van der Waals surface area contributed by atoms with Crippen LogP contribution in [0.5, 0.6) is 0 Å². The lowest BCUT2D eigenvalue weighted by molar-refractivity contribution is 0.283. The fourth-order valence-electron chi connectivity index (χ4n) is 1.46. The molecular weight excluding hydrogens is 156 g/mol. The van der Waals surface area contributed by atoms with Crippen LogP contribution >= 0.6 is 11.3 Å². The average molecular weight is 168 g/mol. The minimum atomic E-state index is 0.211. The van der Waals surface area contributed by atoms with E-state index < -0.39 is 0 Å². The maximum Gasteiger partial charge on any atom is 0.0777 e. The predicted molar refractivity (Wildman–Crippen MR) is 46.8 cm³/mol. The Hall–Kier alpha value is -0.340. The molecule has 1 heterocycles. The van der Waals surface area contributed by atoms with Crippen LogP contribution in [-0.2, 0) is 12.0 Å². The molecule has 1 aliphatic rings. The summed E-state index contributed by atoms with van der Waals surface area (Å²) in [5.41, 5.74) is 1.79. The number of thiophene rings is 1. The molecule has 0 amide bonds. The van der Waals surface area contributed by atoms with Gasteiger partial charge in [-0.15, -0.1) is 11.3 Å². The van der Waals surface area contributed by atoms with Gasteiger partial charge in [0, 0.05) is 4.88 Å². The van der Waals surface area contributed by atoms with Crippen LogP contribution in [0.4, 0.5) is 0 Å². The minimum Gasteiger partial charge on any atom is -0.391 e. The summed E-state index contributed by atoms with van der Waals surface area (Å²) in [7, 11) is 0. The molecule has 0 unspecified atom stereocenters. The van der Waals surface area contributed by atoms with Gasteiger partial charge in [0.05, 0.1) is 6.61 Å². The van der Waals surface area contributed by atoms with Crippen LogP contribution in [0, 0.1) is 0 Å². The van der Waals surface area contributed by atoms with E-state index in [9.17, 15) is 0 Å². The van der Waals surface area contributed by atoms with Gasteiger partial charge in [-0.05, 0) is 35.3 Å². The van der Waals surface area contributed by atoms with Crippen molar-refractivity contribution >= 4 is 11.3 Å². The molecule has 0 radical (unpaired) electrons. The van der Waals surface area contributed by atoms with Crippen LogP contribution in [-0.4, -0.2) is 5.11 Å². The highest BCUT2D eigenvalue weighted by Gasteiger charge is 2.40. The summed E-state index contributed by atoms with van der Waals surface area (Å²) < 4.78 is 0. The van der Waals surface area contributed by atoms with Gasteiger partial charge >= 0.3 is 0 Å². The molecule has 0 aromatic carbocycles. The fourth-order valence-corrected chi connectivity index (χ4v) is 2.34. The Morgan fingerprint density at radius 1 is 1.64 bits per heavy atom. The molecule has 2 heteroatoms. The van der Waals surface area contributed by atoms with Crippen molar-refractivity contribution < 1.29 is 5.11 Å². The maximum absolute atomic E-state index is 9.01. The van der Waals surface area contributed by atoms with Gasteiger partial charge in [0.15, 0.2) is 0 Å². The molecule has 0 spiro atoms. The van der Waals surface area contributed by atoms with E-state index in [0.717, 1.165) is 4.88 Å². The Morgan fingerprint density at radius 2 is 2.36 bits per heavy atom. The summed E-state index contributed by atoms with van der Waals surface area (Å²) in [6, 6.07) is 2.16. The summed E-state index contributed by atoms with van der Waals surface area (Å²) in [5.74, 6) is 0. The first-order valence-electron chi connectivity index (χ1n) is 3.94. The van der Waals surface area contributed by atoms with Crippen molar-refractivity contribution in [3.05, 3.63) is 21.9 Å². The summed E-state index contributed by atoms with van der Waals surface area (Å²) in [4.78, 5) is 1.16. The smallest absolute Gasteiger partial charge is 0.0777 e. The zero-order valence-corrected chi connectivity index (χ0v) is 7.45. The molecule has 2 rings (SSSR count). The molecule has 1 N–H and O–H groups in total. The van der Waals surface area contributed by atoms with E-state index in [2.05, 4.69) is 18.4 Å². The lowest BCUT2D eigenvalue weighted by Gasteiger charge is -2.07. The van der Waals surface area contributed by atoms with Crippen LogP contribution < -0.4 is 0 Å². The molecule has 1 aliphatic carbocycles. The number of aliphatic hydroxyl groups is 1. The van der Waals surface area contributed by atoms with Crippen molar-refractivity contribution in [1.29, 1.82) is 0 Å². The standard InChI is InChI=1S/C9H12OS/c1-9(3-4-9)7-2-5-11-8(7)6-10/h2,5,10H,3-4,6H2,1H3. The summed E-state index contributed by atoms with van der Waals surface area (Å²) in [6.07, 6.45) is 2.58. The third-order valence-electron chi connectivity index (χ3n) is 2.54. The van der Waals surface area contributed by atoms with Crippen LogP contribution in [0.1, 0.15) is 30.2 Å². The molecule has 1 aromatic heterocycles. The first kappa shape index (κ1) is 7.32. The van der Waals surface area contributed by atoms with Crippen LogP contribution in [0.15, 0.2) is 11.4 Å². The van der Waals surface area contributed by atoms with Gasteiger partial charge in [0.2, 0.25) is 0 Å². The third kappa shape index (κ3) is 1.10. The van der Waals surface area contributed by atoms with E-state index in [0.29, 0.717) is 5.41 Å². The molecule has 60 valence electrons. The van der Waals surface area contributed by atoms with Crippen LogP contribution in [0.3, 0.4) is 0 Å². The van der Waals surface area contributed by atoms with E-state index in [-0.39, 0.29) is 6.61 Å². The third-order valence-corrected chi connectivity index (χ3v) is 3.44. The topological polar surface area (TPSA) is 20.2 Å². The molecule has 0 saturated heterocycles. The van der Waals surface area contributed by atoms with Gasteiger partial charge in [-0.3, -0.25) is 0 Å². The number of hydrogen-bond donors (Lipinski definition) is 1. The van der Waals surface area contributed by atoms with Crippen molar-refractivity contribution in [2.45, 2.75) is 31.8 Å². The van der Waals surface area contributed by atoms with Gasteiger partial charge in [0.1, 0.15) is 0 Å². The Balaban J connectivity index is 2.36. The molecule has 0 aliphatic heterocycles. The van der Waals surface area contributed by atoms with E-state index in [1.54, 1.807) is 11.3 Å². The first-order valence-corrected chi connectivity index (χ1v) is 4.82. The normalized spacial score (nSPS) is 20.2. The summed E-state index contributed by atoms with van der Waals surface area (Å²) >= 11 is 1.67. The van der Waals surface area contributed by atoms with E-state index in [4.69, 9.17) is 5.11 Å². The molecule has 0 bridgehead atoms. The Morgan fingerprint density at radius 3 is 2.91 bits per heavy atom. The Bertz CT molecular complexity index is 260. The average Bonchev–Trinajstić information content (AvgIpc) is 2.61. The minimum absolute atomic E-state index is 0.211. The molecule has 1 aromatic rings. The highest BCUT2D eigenvalue weighted by Crippen LogP contribution is 2.49. The lowest BCUT2D eigenvalue weighted by atomic mass is 10.00. The van der Waals surface area contributed by atoms with Gasteiger partial charge in [-0.25, -0.2) is 0 Å². The van der Waals surface area contributed by atoms with Gasteiger partial charge in [-0.1, -0.05) is 6.92 Å². The maximum atomic E-state index is 9.01. The molecule has 1 saturated carbocycles. The lowest BCUT2D eigenvalue weighted by Crippen LogP contribution is -2.00. The molecule has 1 fully saturated rings. The van der Waals surface area contributed by atoms with Crippen molar-refractivity contribution in [3.8, 4) is 0 Å². The predicted octanol–water partition coefficient (Wildman–Crippen LogP) is 2.29. The number of aliphatic hydroxyl groups excluding tert-OH is 1. The number of hydrogen-bond acceptors (Lipinski definition) is 2. The van der Waals surface area contributed by atoms with Crippen LogP contribution in [0.2, 0.25) is 0 Å². The Kier molecular flexibility index (Phi) is 1.55. The quantitative estimate of drug-likeness (QED) is 0.718. The van der Waals surface area contributed by atoms with Crippen LogP contribution in [0.25, 0.3) is 0 Å². The molecule has 1 nitrogen and oxygen atoms in total. The summed E-state index contributed by atoms with van der Waals surface area (Å²) in [5, 5.41) is 11.1. The van der Waals surface area contributed by atoms with Crippen molar-refractivity contribution in [1.82, 2.24) is 0 Å². The molecule has 0 atom stereocenters. The van der Waals surface area contributed by atoms with E-state index >= 15 is 0 Å². The van der Waals surface area contributed by atoms with Gasteiger partial charge in [-0.2, -0.15) is 0 Å². The highest BCUT2D eigenvalue weighted by atomic mass is 32.1. The number of rotatable bonds is 2. The second-order valence-electron chi connectivity index (χ2n) is 3.48. The monoisotopic (exact) mass is 168 g/mol. The fraction of sp³-hybridized carbons (Fsp3) is 0.556.